The van der Waals surface area contributed by atoms with Crippen molar-refractivity contribution in [3.05, 3.63) is 35.9 Å². The van der Waals surface area contributed by atoms with Crippen LogP contribution in [-0.4, -0.2) is 19.1 Å². The van der Waals surface area contributed by atoms with Crippen molar-refractivity contribution < 1.29 is 9.53 Å². The highest BCUT2D eigenvalue weighted by molar-refractivity contribution is 5.73. The Labute approximate surface area is 95.8 Å². The van der Waals surface area contributed by atoms with E-state index in [2.05, 4.69) is 5.32 Å². The van der Waals surface area contributed by atoms with Crippen molar-refractivity contribution in [3.63, 3.8) is 0 Å². The van der Waals surface area contributed by atoms with Crippen LogP contribution in [-0.2, 0) is 9.53 Å². The minimum atomic E-state index is -0.158. The van der Waals surface area contributed by atoms with Gasteiger partial charge in [-0.25, -0.2) is 0 Å². The lowest BCUT2D eigenvalue weighted by molar-refractivity contribution is -0.152. The van der Waals surface area contributed by atoms with Gasteiger partial charge in [-0.05, 0) is 25.5 Å². The van der Waals surface area contributed by atoms with E-state index in [1.165, 1.54) is 0 Å². The van der Waals surface area contributed by atoms with Crippen molar-refractivity contribution in [2.45, 2.75) is 19.4 Å². The van der Waals surface area contributed by atoms with Crippen LogP contribution in [0.15, 0.2) is 30.3 Å². The Kier molecular flexibility index (Phi) is 3.57. The molecule has 3 nitrogen and oxygen atoms in total. The van der Waals surface area contributed by atoms with Crippen LogP contribution in [0.3, 0.4) is 0 Å². The number of ether oxygens (including phenoxy) is 1. The number of carbonyl (C=O) groups is 1. The quantitative estimate of drug-likeness (QED) is 0.789. The minimum Gasteiger partial charge on any atom is -0.458 e. The van der Waals surface area contributed by atoms with Crippen molar-refractivity contribution in [2.75, 3.05) is 13.1 Å². The van der Waals surface area contributed by atoms with Crippen LogP contribution in [0.1, 0.15) is 25.0 Å². The van der Waals surface area contributed by atoms with E-state index in [4.69, 9.17) is 4.74 Å². The smallest absolute Gasteiger partial charge is 0.310 e. The molecule has 0 aliphatic carbocycles. The van der Waals surface area contributed by atoms with Crippen LogP contribution in [0.25, 0.3) is 0 Å². The number of hydrogen-bond acceptors (Lipinski definition) is 3. The Bertz CT molecular complexity index is 344. The lowest BCUT2D eigenvalue weighted by atomic mass is 10.1. The van der Waals surface area contributed by atoms with Gasteiger partial charge in [0.25, 0.3) is 0 Å². The van der Waals surface area contributed by atoms with E-state index in [0.29, 0.717) is 0 Å². The molecule has 0 aromatic heterocycles. The molecule has 1 aliphatic heterocycles. The second-order valence-electron chi connectivity index (χ2n) is 4.18. The summed E-state index contributed by atoms with van der Waals surface area (Å²) in [7, 11) is 0. The normalized spacial score (nSPS) is 21.7. The van der Waals surface area contributed by atoms with Gasteiger partial charge in [-0.2, -0.15) is 0 Å². The second kappa shape index (κ2) is 5.12. The summed E-state index contributed by atoms with van der Waals surface area (Å²) in [6.45, 7) is 3.58. The highest BCUT2D eigenvalue weighted by Gasteiger charge is 2.25. The molecule has 0 amide bonds. The topological polar surface area (TPSA) is 38.3 Å². The van der Waals surface area contributed by atoms with E-state index in [1.807, 2.05) is 37.3 Å². The predicted molar refractivity (Wildman–Crippen MR) is 61.9 cm³/mol. The van der Waals surface area contributed by atoms with Crippen molar-refractivity contribution in [3.8, 4) is 0 Å². The second-order valence-corrected chi connectivity index (χ2v) is 4.18. The third kappa shape index (κ3) is 2.61. The van der Waals surface area contributed by atoms with E-state index in [-0.39, 0.29) is 18.0 Å². The summed E-state index contributed by atoms with van der Waals surface area (Å²) in [5.41, 5.74) is 1.04. The molecule has 0 bridgehead atoms. The first kappa shape index (κ1) is 11.1. The lowest BCUT2D eigenvalue weighted by Gasteiger charge is -2.16. The Morgan fingerprint density at radius 3 is 2.81 bits per heavy atom. The summed E-state index contributed by atoms with van der Waals surface area (Å²) in [5, 5.41) is 3.17. The van der Waals surface area contributed by atoms with Gasteiger partial charge in [0.05, 0.1) is 5.92 Å². The fourth-order valence-electron chi connectivity index (χ4n) is 1.92. The molecule has 16 heavy (non-hydrogen) atoms. The number of nitrogens with one attached hydrogen (secondary N) is 1. The first-order valence-corrected chi connectivity index (χ1v) is 5.73. The summed E-state index contributed by atoms with van der Waals surface area (Å²) in [4.78, 5) is 11.8. The maximum Gasteiger partial charge on any atom is 0.310 e. The molecule has 0 spiro atoms. The Hall–Kier alpha value is -1.35. The molecule has 1 unspecified atom stereocenters. The average molecular weight is 219 g/mol. The van der Waals surface area contributed by atoms with Crippen LogP contribution in [0, 0.1) is 5.92 Å². The van der Waals surface area contributed by atoms with Crippen LogP contribution >= 0.6 is 0 Å². The number of rotatable bonds is 3. The zero-order chi connectivity index (χ0) is 11.4. The van der Waals surface area contributed by atoms with E-state index >= 15 is 0 Å². The number of benzene rings is 1. The highest BCUT2D eigenvalue weighted by Crippen LogP contribution is 2.19. The summed E-state index contributed by atoms with van der Waals surface area (Å²) in [6, 6.07) is 9.82. The van der Waals surface area contributed by atoms with E-state index in [0.717, 1.165) is 25.1 Å². The monoisotopic (exact) mass is 219 g/mol. The van der Waals surface area contributed by atoms with Gasteiger partial charge in [-0.15, -0.1) is 0 Å². The van der Waals surface area contributed by atoms with Gasteiger partial charge in [-0.3, -0.25) is 4.79 Å². The summed E-state index contributed by atoms with van der Waals surface area (Å²) in [5.74, 6) is -0.0486. The zero-order valence-electron chi connectivity index (χ0n) is 9.48. The Morgan fingerprint density at radius 2 is 2.19 bits per heavy atom. The zero-order valence-corrected chi connectivity index (χ0v) is 9.48. The summed E-state index contributed by atoms with van der Waals surface area (Å²) in [6.07, 6.45) is 0.731. The fraction of sp³-hybridized carbons (Fsp3) is 0.462. The number of hydrogen-bond donors (Lipinski definition) is 1. The molecule has 1 aromatic rings. The van der Waals surface area contributed by atoms with Crippen LogP contribution < -0.4 is 5.32 Å². The summed E-state index contributed by atoms with van der Waals surface area (Å²) < 4.78 is 5.44. The third-order valence-electron chi connectivity index (χ3n) is 2.96. The van der Waals surface area contributed by atoms with Gasteiger partial charge in [0.1, 0.15) is 6.10 Å². The molecular formula is C13H17NO2. The van der Waals surface area contributed by atoms with Crippen LogP contribution in [0.2, 0.25) is 0 Å². The highest BCUT2D eigenvalue weighted by atomic mass is 16.5. The molecule has 0 saturated carbocycles. The van der Waals surface area contributed by atoms with Gasteiger partial charge in [0.2, 0.25) is 0 Å². The fourth-order valence-corrected chi connectivity index (χ4v) is 1.92. The van der Waals surface area contributed by atoms with Crippen LogP contribution in [0.5, 0.6) is 0 Å². The number of carbonyl (C=O) groups excluding carboxylic acids is 1. The van der Waals surface area contributed by atoms with Gasteiger partial charge in [0, 0.05) is 6.54 Å². The molecule has 1 fully saturated rings. The molecule has 1 heterocycles. The number of esters is 1. The van der Waals surface area contributed by atoms with Gasteiger partial charge >= 0.3 is 5.97 Å². The molecule has 2 atom stereocenters. The first-order valence-electron chi connectivity index (χ1n) is 5.73. The minimum absolute atomic E-state index is 0.0335. The van der Waals surface area contributed by atoms with E-state index in [9.17, 15) is 4.79 Å². The standard InChI is InChI=1S/C13H17NO2/c1-10(11-5-3-2-4-6-11)16-13(15)12-7-8-14-9-12/h2-6,10,12,14H,7-9H2,1H3/t10-,12?/m1/s1. The van der Waals surface area contributed by atoms with Gasteiger partial charge in [0.15, 0.2) is 0 Å². The predicted octanol–water partition coefficient (Wildman–Crippen LogP) is 1.90. The third-order valence-corrected chi connectivity index (χ3v) is 2.96. The molecule has 1 N–H and O–H groups in total. The first-order chi connectivity index (χ1) is 7.77. The van der Waals surface area contributed by atoms with Crippen molar-refractivity contribution in [2.24, 2.45) is 5.92 Å². The molecule has 1 aliphatic rings. The molecule has 2 rings (SSSR count). The largest absolute Gasteiger partial charge is 0.458 e. The molecule has 86 valence electrons. The van der Waals surface area contributed by atoms with Crippen molar-refractivity contribution in [1.29, 1.82) is 0 Å². The maximum absolute atomic E-state index is 11.8. The average Bonchev–Trinajstić information content (AvgIpc) is 2.83. The molecule has 0 radical (unpaired) electrons. The van der Waals surface area contributed by atoms with Gasteiger partial charge < -0.3 is 10.1 Å². The Balaban J connectivity index is 1.92. The molecule has 1 saturated heterocycles. The SMILES string of the molecule is C[C@@H](OC(=O)C1CCNC1)c1ccccc1. The van der Waals surface area contributed by atoms with Crippen LogP contribution in [0.4, 0.5) is 0 Å². The van der Waals surface area contributed by atoms with E-state index in [1.54, 1.807) is 0 Å². The van der Waals surface area contributed by atoms with Crippen molar-refractivity contribution in [1.82, 2.24) is 5.32 Å². The molecular weight excluding hydrogens is 202 g/mol. The van der Waals surface area contributed by atoms with Gasteiger partial charge in [-0.1, -0.05) is 30.3 Å². The maximum atomic E-state index is 11.8. The lowest BCUT2D eigenvalue weighted by Crippen LogP contribution is -2.21. The Morgan fingerprint density at radius 1 is 1.44 bits per heavy atom. The van der Waals surface area contributed by atoms with Crippen molar-refractivity contribution >= 4 is 5.97 Å². The molecule has 1 aromatic carbocycles. The van der Waals surface area contributed by atoms with E-state index < -0.39 is 0 Å². The molecule has 3 heteroatoms. The summed E-state index contributed by atoms with van der Waals surface area (Å²) >= 11 is 0.